The molecule has 0 saturated carbocycles. The van der Waals surface area contributed by atoms with E-state index < -0.39 is 5.54 Å². The van der Waals surface area contributed by atoms with Crippen LogP contribution in [0.25, 0.3) is 0 Å². The highest BCUT2D eigenvalue weighted by Gasteiger charge is 2.50. The Kier molecular flexibility index (Phi) is 9.48. The zero-order valence-corrected chi connectivity index (χ0v) is 25.2. The number of anilines is 1. The van der Waals surface area contributed by atoms with Crippen molar-refractivity contribution in [3.05, 3.63) is 95.6 Å². The second kappa shape index (κ2) is 13.4. The summed E-state index contributed by atoms with van der Waals surface area (Å²) in [5, 5.41) is 3.10. The van der Waals surface area contributed by atoms with Gasteiger partial charge in [0.1, 0.15) is 17.9 Å². The molecule has 7 heteroatoms. The summed E-state index contributed by atoms with van der Waals surface area (Å²) in [6.45, 7) is 10.5. The molecule has 0 radical (unpaired) electrons. The number of nitrogens with one attached hydrogen (secondary N) is 1. The van der Waals surface area contributed by atoms with Crippen LogP contribution in [-0.2, 0) is 11.2 Å². The monoisotopic (exact) mass is 568 g/mol. The molecule has 5 rings (SSSR count). The molecule has 2 aliphatic rings. The van der Waals surface area contributed by atoms with Gasteiger partial charge >= 0.3 is 0 Å². The number of hydrogen-bond acceptors (Lipinski definition) is 5. The number of carbonyl (C=O) groups excluding carboxylic acids is 2. The molecule has 3 aromatic rings. The maximum absolute atomic E-state index is 13.1. The lowest BCUT2D eigenvalue weighted by Gasteiger charge is -2.45. The van der Waals surface area contributed by atoms with Crippen molar-refractivity contribution >= 4 is 17.5 Å². The zero-order chi connectivity index (χ0) is 29.5. The van der Waals surface area contributed by atoms with Gasteiger partial charge in [0.05, 0.1) is 6.67 Å². The van der Waals surface area contributed by atoms with Gasteiger partial charge in [-0.3, -0.25) is 14.5 Å². The first-order valence-electron chi connectivity index (χ1n) is 15.4. The van der Waals surface area contributed by atoms with Crippen molar-refractivity contribution in [2.24, 2.45) is 0 Å². The summed E-state index contributed by atoms with van der Waals surface area (Å²) in [5.74, 6) is 1.12. The van der Waals surface area contributed by atoms with E-state index in [2.05, 4.69) is 40.2 Å². The average Bonchev–Trinajstić information content (AvgIpc) is 3.35. The van der Waals surface area contributed by atoms with Crippen molar-refractivity contribution in [2.75, 3.05) is 44.4 Å². The lowest BCUT2D eigenvalue weighted by atomic mass is 9.85. The maximum Gasteiger partial charge on any atom is 0.253 e. The molecule has 7 nitrogen and oxygen atoms in total. The average molecular weight is 569 g/mol. The normalized spacial score (nSPS) is 17.2. The van der Waals surface area contributed by atoms with Gasteiger partial charge < -0.3 is 19.9 Å². The first kappa shape index (κ1) is 29.6. The van der Waals surface area contributed by atoms with E-state index in [1.165, 1.54) is 0 Å². The van der Waals surface area contributed by atoms with Gasteiger partial charge in [-0.1, -0.05) is 55.5 Å². The highest BCUT2D eigenvalue weighted by Crippen LogP contribution is 2.37. The van der Waals surface area contributed by atoms with Crippen LogP contribution in [0.5, 0.6) is 5.75 Å². The van der Waals surface area contributed by atoms with Gasteiger partial charge in [-0.2, -0.15) is 0 Å². The topological polar surface area (TPSA) is 65.1 Å². The summed E-state index contributed by atoms with van der Waals surface area (Å²) >= 11 is 0. The van der Waals surface area contributed by atoms with Crippen molar-refractivity contribution in [3.8, 4) is 5.75 Å². The van der Waals surface area contributed by atoms with Crippen LogP contribution in [0.4, 0.5) is 5.69 Å². The van der Waals surface area contributed by atoms with Gasteiger partial charge in [0, 0.05) is 49.9 Å². The number of rotatable bonds is 11. The molecule has 2 heterocycles. The molecule has 1 atom stereocenters. The fourth-order valence-electron chi connectivity index (χ4n) is 6.43. The number of carbonyl (C=O) groups is 2. The Labute approximate surface area is 250 Å². The highest BCUT2D eigenvalue weighted by atomic mass is 16.5. The number of ether oxygens (including phenoxy) is 1. The van der Waals surface area contributed by atoms with Crippen LogP contribution in [0.15, 0.2) is 78.9 Å². The quantitative estimate of drug-likeness (QED) is 0.338. The van der Waals surface area contributed by atoms with Crippen LogP contribution in [0, 0.1) is 0 Å². The number of piperidine rings is 1. The molecule has 42 heavy (non-hydrogen) atoms. The van der Waals surface area contributed by atoms with Crippen LogP contribution < -0.4 is 15.0 Å². The number of likely N-dealkylation sites (tertiary alicyclic amines) is 1. The highest BCUT2D eigenvalue weighted by molar-refractivity contribution is 5.94. The number of para-hydroxylation sites is 2. The lowest BCUT2D eigenvalue weighted by molar-refractivity contribution is -0.125. The maximum atomic E-state index is 13.1. The van der Waals surface area contributed by atoms with Crippen molar-refractivity contribution in [2.45, 2.75) is 58.0 Å². The number of nitrogens with zero attached hydrogens (tertiary/aromatic N) is 3. The van der Waals surface area contributed by atoms with E-state index in [-0.39, 0.29) is 17.9 Å². The third-order valence-electron chi connectivity index (χ3n) is 9.07. The summed E-state index contributed by atoms with van der Waals surface area (Å²) in [6.07, 6.45) is 3.32. The molecular formula is C35H44N4O3. The molecular weight excluding hydrogens is 524 g/mol. The van der Waals surface area contributed by atoms with Crippen molar-refractivity contribution in [1.82, 2.24) is 15.1 Å². The molecule has 0 bridgehead atoms. The second-order valence-corrected chi connectivity index (χ2v) is 11.3. The molecule has 3 aromatic carbocycles. The summed E-state index contributed by atoms with van der Waals surface area (Å²) < 4.78 is 6.47. The molecule has 1 spiro atoms. The Bertz CT molecular complexity index is 1330. The molecule has 2 amide bonds. The Morgan fingerprint density at radius 1 is 0.929 bits per heavy atom. The van der Waals surface area contributed by atoms with E-state index in [0.29, 0.717) is 26.4 Å². The fourth-order valence-corrected chi connectivity index (χ4v) is 6.43. The predicted octanol–water partition coefficient (Wildman–Crippen LogP) is 5.35. The third-order valence-corrected chi connectivity index (χ3v) is 9.07. The molecule has 0 aliphatic carbocycles. The lowest BCUT2D eigenvalue weighted by Crippen LogP contribution is -2.58. The Morgan fingerprint density at radius 2 is 1.60 bits per heavy atom. The largest absolute Gasteiger partial charge is 0.492 e. The van der Waals surface area contributed by atoms with Crippen molar-refractivity contribution in [3.63, 3.8) is 0 Å². The Hall–Kier alpha value is -3.84. The van der Waals surface area contributed by atoms with Gasteiger partial charge in [-0.25, -0.2) is 0 Å². The standard InChI is InChI=1S/C35H44N4O3/c1-4-30(38-22-20-35(21-23-38)34(41)36-26-39(35)31-13-8-7-9-14-31)25-42-32-15-11-10-12-29(32)24-27-16-18-28(19-17-27)33(40)37(5-2)6-3/h7-19,30H,4-6,20-26H2,1-3H3,(H,36,41). The Balaban J connectivity index is 1.20. The molecule has 2 saturated heterocycles. The summed E-state index contributed by atoms with van der Waals surface area (Å²) in [7, 11) is 0. The first-order chi connectivity index (χ1) is 20.5. The second-order valence-electron chi connectivity index (χ2n) is 11.3. The van der Waals surface area contributed by atoms with Crippen LogP contribution in [0.3, 0.4) is 0 Å². The van der Waals surface area contributed by atoms with E-state index in [0.717, 1.165) is 66.9 Å². The molecule has 1 N–H and O–H groups in total. The van der Waals surface area contributed by atoms with Crippen LogP contribution in [0.2, 0.25) is 0 Å². The number of amides is 2. The molecule has 2 fully saturated rings. The van der Waals surface area contributed by atoms with Gasteiger partial charge in [0.25, 0.3) is 5.91 Å². The fraction of sp³-hybridized carbons (Fsp3) is 0.429. The first-order valence-corrected chi connectivity index (χ1v) is 15.4. The summed E-state index contributed by atoms with van der Waals surface area (Å²) in [6, 6.07) is 26.7. The van der Waals surface area contributed by atoms with Crippen LogP contribution in [0.1, 0.15) is 61.5 Å². The van der Waals surface area contributed by atoms with E-state index in [9.17, 15) is 9.59 Å². The Morgan fingerprint density at radius 3 is 2.26 bits per heavy atom. The molecule has 222 valence electrons. The minimum absolute atomic E-state index is 0.0749. The van der Waals surface area contributed by atoms with E-state index in [1.54, 1.807) is 0 Å². The predicted molar refractivity (Wildman–Crippen MR) is 168 cm³/mol. The third kappa shape index (κ3) is 6.16. The zero-order valence-electron chi connectivity index (χ0n) is 25.2. The summed E-state index contributed by atoms with van der Waals surface area (Å²) in [5.41, 5.74) is 3.63. The minimum Gasteiger partial charge on any atom is -0.492 e. The van der Waals surface area contributed by atoms with E-state index in [4.69, 9.17) is 4.74 Å². The van der Waals surface area contributed by atoms with Crippen molar-refractivity contribution < 1.29 is 14.3 Å². The molecule has 0 aromatic heterocycles. The van der Waals surface area contributed by atoms with Gasteiger partial charge in [-0.15, -0.1) is 0 Å². The molecule has 2 aliphatic heterocycles. The van der Waals surface area contributed by atoms with Gasteiger partial charge in [-0.05, 0) is 74.6 Å². The smallest absolute Gasteiger partial charge is 0.253 e. The SMILES string of the molecule is CCC(COc1ccccc1Cc1ccc(C(=O)N(CC)CC)cc1)N1CCC2(CC1)C(=O)NCN2c1ccccc1. The minimum atomic E-state index is -0.477. The number of benzene rings is 3. The number of hydrogen-bond donors (Lipinski definition) is 1. The van der Waals surface area contributed by atoms with E-state index >= 15 is 0 Å². The van der Waals surface area contributed by atoms with Gasteiger partial charge in [0.15, 0.2) is 0 Å². The van der Waals surface area contributed by atoms with Gasteiger partial charge in [0.2, 0.25) is 5.91 Å². The van der Waals surface area contributed by atoms with Crippen LogP contribution >= 0.6 is 0 Å². The summed E-state index contributed by atoms with van der Waals surface area (Å²) in [4.78, 5) is 32.4. The van der Waals surface area contributed by atoms with E-state index in [1.807, 2.05) is 79.4 Å². The molecule has 1 unspecified atom stereocenters. The van der Waals surface area contributed by atoms with Crippen molar-refractivity contribution in [1.29, 1.82) is 0 Å². The van der Waals surface area contributed by atoms with Crippen LogP contribution in [-0.4, -0.2) is 72.6 Å².